The lowest BCUT2D eigenvalue weighted by molar-refractivity contribution is -0.109. The van der Waals surface area contributed by atoms with E-state index in [2.05, 4.69) is 37.2 Å². The van der Waals surface area contributed by atoms with Crippen molar-refractivity contribution in [1.82, 2.24) is 4.90 Å². The largest absolute Gasteiger partial charge is 0.309 e. The highest BCUT2D eigenvalue weighted by Gasteiger charge is 2.31. The first kappa shape index (κ1) is 11.3. The third-order valence-electron chi connectivity index (χ3n) is 3.50. The zero-order chi connectivity index (χ0) is 11.5. The number of carbonyl (C=O) groups is 1. The lowest BCUT2D eigenvalue weighted by Gasteiger charge is -2.17. The van der Waals surface area contributed by atoms with Gasteiger partial charge in [0.2, 0.25) is 0 Å². The van der Waals surface area contributed by atoms with E-state index in [-0.39, 0.29) is 5.92 Å². The van der Waals surface area contributed by atoms with Crippen LogP contribution in [-0.4, -0.2) is 31.8 Å². The van der Waals surface area contributed by atoms with Crippen molar-refractivity contribution < 1.29 is 4.79 Å². The van der Waals surface area contributed by atoms with E-state index in [1.54, 1.807) is 0 Å². The topological polar surface area (TPSA) is 20.3 Å². The fourth-order valence-corrected chi connectivity index (χ4v) is 2.60. The van der Waals surface area contributed by atoms with Crippen LogP contribution in [0.25, 0.3) is 0 Å². The normalized spacial score (nSPS) is 23.4. The van der Waals surface area contributed by atoms with E-state index >= 15 is 0 Å². The molecule has 1 aromatic rings. The molecule has 16 heavy (non-hydrogen) atoms. The van der Waals surface area contributed by atoms with Crippen molar-refractivity contribution >= 4 is 6.29 Å². The van der Waals surface area contributed by atoms with Gasteiger partial charge in [0.15, 0.2) is 0 Å². The van der Waals surface area contributed by atoms with Gasteiger partial charge >= 0.3 is 0 Å². The molecule has 0 amide bonds. The summed E-state index contributed by atoms with van der Waals surface area (Å²) in [6.07, 6.45) is 3.30. The van der Waals surface area contributed by atoms with E-state index in [1.165, 1.54) is 11.1 Å². The van der Waals surface area contributed by atoms with E-state index < -0.39 is 0 Å². The molecule has 2 unspecified atom stereocenters. The Morgan fingerprint density at radius 1 is 1.38 bits per heavy atom. The van der Waals surface area contributed by atoms with Gasteiger partial charge in [-0.1, -0.05) is 24.3 Å². The van der Waals surface area contributed by atoms with Crippen LogP contribution in [0.2, 0.25) is 0 Å². The van der Waals surface area contributed by atoms with Crippen LogP contribution in [0, 0.1) is 5.92 Å². The second kappa shape index (κ2) is 4.79. The van der Waals surface area contributed by atoms with E-state index in [0.717, 1.165) is 25.7 Å². The molecule has 2 atom stereocenters. The number of aldehydes is 1. The molecule has 2 heteroatoms. The highest BCUT2D eigenvalue weighted by atomic mass is 16.1. The lowest BCUT2D eigenvalue weighted by Crippen LogP contribution is -2.19. The van der Waals surface area contributed by atoms with Crippen LogP contribution in [-0.2, 0) is 11.2 Å². The summed E-state index contributed by atoms with van der Waals surface area (Å²) < 4.78 is 0. The van der Waals surface area contributed by atoms with E-state index in [9.17, 15) is 4.79 Å². The van der Waals surface area contributed by atoms with Crippen LogP contribution in [0.4, 0.5) is 0 Å². The number of hydrogen-bond donors (Lipinski definition) is 0. The molecule has 0 aliphatic heterocycles. The molecule has 0 aromatic heterocycles. The molecule has 0 radical (unpaired) electrons. The monoisotopic (exact) mass is 217 g/mol. The Morgan fingerprint density at radius 3 is 2.81 bits per heavy atom. The Morgan fingerprint density at radius 2 is 2.12 bits per heavy atom. The Labute approximate surface area is 97.3 Å². The van der Waals surface area contributed by atoms with Gasteiger partial charge in [-0.2, -0.15) is 0 Å². The van der Waals surface area contributed by atoms with Gasteiger partial charge in [0.25, 0.3) is 0 Å². The van der Waals surface area contributed by atoms with E-state index in [0.29, 0.717) is 5.92 Å². The van der Waals surface area contributed by atoms with Crippen LogP contribution in [0.3, 0.4) is 0 Å². The molecule has 1 aliphatic carbocycles. The Balaban J connectivity index is 2.11. The molecule has 2 rings (SSSR count). The number of carbonyl (C=O) groups excluding carboxylic acids is 1. The third-order valence-corrected chi connectivity index (χ3v) is 3.50. The van der Waals surface area contributed by atoms with E-state index in [1.807, 2.05) is 6.07 Å². The average Bonchev–Trinajstić information content (AvgIpc) is 2.63. The number of fused-ring (bicyclic) bond motifs is 1. The smallest absolute Gasteiger partial charge is 0.127 e. The van der Waals surface area contributed by atoms with Gasteiger partial charge < -0.3 is 9.69 Å². The SMILES string of the molecule is CN(C)CCC1Cc2ccccc2C1C=O. The highest BCUT2D eigenvalue weighted by Crippen LogP contribution is 2.38. The van der Waals surface area contributed by atoms with Crippen LogP contribution in [0.15, 0.2) is 24.3 Å². The van der Waals surface area contributed by atoms with Crippen LogP contribution in [0.1, 0.15) is 23.5 Å². The standard InChI is InChI=1S/C14H19NO/c1-15(2)8-7-12-9-11-5-3-4-6-13(11)14(12)10-16/h3-6,10,12,14H,7-9H2,1-2H3. The van der Waals surface area contributed by atoms with Gasteiger partial charge in [0, 0.05) is 5.92 Å². The molecule has 0 spiro atoms. The van der Waals surface area contributed by atoms with Crippen LogP contribution in [0.5, 0.6) is 0 Å². The lowest BCUT2D eigenvalue weighted by atomic mass is 9.91. The summed E-state index contributed by atoms with van der Waals surface area (Å²) in [7, 11) is 4.16. The Bertz CT molecular complexity index is 373. The summed E-state index contributed by atoms with van der Waals surface area (Å²) in [5.41, 5.74) is 2.62. The van der Waals surface area contributed by atoms with Crippen LogP contribution >= 0.6 is 0 Å². The predicted molar refractivity (Wildman–Crippen MR) is 65.6 cm³/mol. The van der Waals surface area contributed by atoms with Crippen molar-refractivity contribution in [2.24, 2.45) is 5.92 Å². The molecule has 2 nitrogen and oxygen atoms in total. The number of benzene rings is 1. The summed E-state index contributed by atoms with van der Waals surface area (Å²) in [5.74, 6) is 0.619. The fourth-order valence-electron chi connectivity index (χ4n) is 2.60. The molecular weight excluding hydrogens is 198 g/mol. The zero-order valence-corrected chi connectivity index (χ0v) is 10.0. The minimum absolute atomic E-state index is 0.121. The number of rotatable bonds is 4. The maximum atomic E-state index is 11.2. The molecule has 0 saturated heterocycles. The van der Waals surface area contributed by atoms with Gasteiger partial charge in [0.05, 0.1) is 0 Å². The van der Waals surface area contributed by atoms with Crippen LogP contribution < -0.4 is 0 Å². The fraction of sp³-hybridized carbons (Fsp3) is 0.500. The third kappa shape index (κ3) is 2.17. The van der Waals surface area contributed by atoms with Gasteiger partial charge in [-0.15, -0.1) is 0 Å². The van der Waals surface area contributed by atoms with E-state index in [4.69, 9.17) is 0 Å². The first-order chi connectivity index (χ1) is 7.72. The molecular formula is C14H19NO. The van der Waals surface area contributed by atoms with Gasteiger partial charge in [-0.3, -0.25) is 0 Å². The molecule has 0 bridgehead atoms. The summed E-state index contributed by atoms with van der Waals surface area (Å²) in [4.78, 5) is 13.4. The Hall–Kier alpha value is -1.15. The summed E-state index contributed by atoms with van der Waals surface area (Å²) in [6, 6.07) is 8.35. The van der Waals surface area contributed by atoms with Crippen molar-refractivity contribution in [2.45, 2.75) is 18.8 Å². The molecule has 0 heterocycles. The van der Waals surface area contributed by atoms with Crippen molar-refractivity contribution in [3.05, 3.63) is 35.4 Å². The first-order valence-corrected chi connectivity index (χ1v) is 5.90. The number of hydrogen-bond acceptors (Lipinski definition) is 2. The summed E-state index contributed by atoms with van der Waals surface area (Å²) >= 11 is 0. The zero-order valence-electron chi connectivity index (χ0n) is 10.0. The molecule has 1 aromatic carbocycles. The predicted octanol–water partition coefficient (Wildman–Crippen LogP) is 2.09. The minimum Gasteiger partial charge on any atom is -0.309 e. The van der Waals surface area contributed by atoms with Gasteiger partial charge in [-0.05, 0) is 50.5 Å². The first-order valence-electron chi connectivity index (χ1n) is 5.90. The average molecular weight is 217 g/mol. The highest BCUT2D eigenvalue weighted by molar-refractivity contribution is 5.66. The van der Waals surface area contributed by atoms with Crippen molar-refractivity contribution in [3.63, 3.8) is 0 Å². The maximum absolute atomic E-state index is 11.2. The van der Waals surface area contributed by atoms with Crippen molar-refractivity contribution in [3.8, 4) is 0 Å². The second-order valence-electron chi connectivity index (χ2n) is 4.92. The summed E-state index contributed by atoms with van der Waals surface area (Å²) in [5, 5.41) is 0. The summed E-state index contributed by atoms with van der Waals surface area (Å²) in [6.45, 7) is 1.06. The molecule has 0 fully saturated rings. The van der Waals surface area contributed by atoms with Gasteiger partial charge in [-0.25, -0.2) is 0 Å². The second-order valence-corrected chi connectivity index (χ2v) is 4.92. The molecule has 1 aliphatic rings. The number of nitrogens with zero attached hydrogens (tertiary/aromatic N) is 1. The van der Waals surface area contributed by atoms with Crippen molar-refractivity contribution in [2.75, 3.05) is 20.6 Å². The molecule has 86 valence electrons. The molecule has 0 N–H and O–H groups in total. The van der Waals surface area contributed by atoms with Crippen molar-refractivity contribution in [1.29, 1.82) is 0 Å². The van der Waals surface area contributed by atoms with Gasteiger partial charge in [0.1, 0.15) is 6.29 Å². The maximum Gasteiger partial charge on any atom is 0.127 e. The minimum atomic E-state index is 0.121. The quantitative estimate of drug-likeness (QED) is 0.720. The molecule has 0 saturated carbocycles. The Kier molecular flexibility index (Phi) is 3.39.